The van der Waals surface area contributed by atoms with Crippen molar-refractivity contribution in [3.8, 4) is 5.75 Å². The number of furan rings is 1. The van der Waals surface area contributed by atoms with E-state index in [1.165, 1.54) is 0 Å². The third kappa shape index (κ3) is 3.05. The quantitative estimate of drug-likeness (QED) is 0.371. The van der Waals surface area contributed by atoms with Gasteiger partial charge in [-0.25, -0.2) is 4.79 Å². The van der Waals surface area contributed by atoms with Crippen molar-refractivity contribution in [1.82, 2.24) is 0 Å². The van der Waals surface area contributed by atoms with Crippen LogP contribution in [0.4, 0.5) is 0 Å². The summed E-state index contributed by atoms with van der Waals surface area (Å²) < 4.78 is 10.9. The van der Waals surface area contributed by atoms with Gasteiger partial charge in [-0.05, 0) is 49.4 Å². The topological polar surface area (TPSA) is 56.5 Å². The van der Waals surface area contributed by atoms with E-state index in [0.717, 1.165) is 5.39 Å². The van der Waals surface area contributed by atoms with Crippen LogP contribution in [-0.2, 0) is 0 Å². The van der Waals surface area contributed by atoms with E-state index >= 15 is 0 Å². The Morgan fingerprint density at radius 2 is 1.83 bits per heavy atom. The lowest BCUT2D eigenvalue weighted by molar-refractivity contribution is 0.0703. The van der Waals surface area contributed by atoms with Gasteiger partial charge in [0.2, 0.25) is 5.76 Å². The van der Waals surface area contributed by atoms with Crippen molar-refractivity contribution in [3.63, 3.8) is 0 Å². The van der Waals surface area contributed by atoms with E-state index in [2.05, 4.69) is 0 Å². The highest BCUT2D eigenvalue weighted by Crippen LogP contribution is 2.28. The van der Waals surface area contributed by atoms with Crippen LogP contribution in [0.1, 0.15) is 39.8 Å². The summed E-state index contributed by atoms with van der Waals surface area (Å²) in [4.78, 5) is 24.0. The van der Waals surface area contributed by atoms with E-state index in [0.29, 0.717) is 33.9 Å². The standard InChI is InChI=1S/C19H15ClO4/c1-3-16(21)12-4-7-14(8-5-12)23-19(22)18-11(2)15-10-13(20)6-9-17(15)24-18/h4-10H,3H2,1-2H3. The maximum absolute atomic E-state index is 12.3. The molecule has 0 radical (unpaired) electrons. The number of carbonyl (C=O) groups is 2. The molecule has 0 N–H and O–H groups in total. The molecule has 0 atom stereocenters. The maximum atomic E-state index is 12.3. The van der Waals surface area contributed by atoms with E-state index in [9.17, 15) is 9.59 Å². The van der Waals surface area contributed by atoms with Crippen LogP contribution in [0.2, 0.25) is 5.02 Å². The number of benzene rings is 2. The first kappa shape index (κ1) is 16.3. The fraction of sp³-hybridized carbons (Fsp3) is 0.158. The van der Waals surface area contributed by atoms with Gasteiger partial charge in [0.25, 0.3) is 0 Å². The van der Waals surface area contributed by atoms with Crippen molar-refractivity contribution in [2.24, 2.45) is 0 Å². The Hall–Kier alpha value is -2.59. The van der Waals surface area contributed by atoms with Crippen LogP contribution in [-0.4, -0.2) is 11.8 Å². The number of hydrogen-bond acceptors (Lipinski definition) is 4. The zero-order valence-electron chi connectivity index (χ0n) is 13.3. The molecule has 0 saturated carbocycles. The average molecular weight is 343 g/mol. The van der Waals surface area contributed by atoms with Crippen molar-refractivity contribution in [2.45, 2.75) is 20.3 Å². The number of ether oxygens (including phenoxy) is 1. The molecule has 3 rings (SSSR count). The molecule has 0 saturated heterocycles. The molecule has 4 nitrogen and oxygen atoms in total. The number of aryl methyl sites for hydroxylation is 1. The third-order valence-corrected chi connectivity index (χ3v) is 4.03. The molecule has 0 aliphatic carbocycles. The summed E-state index contributed by atoms with van der Waals surface area (Å²) in [5, 5.41) is 1.35. The molecule has 0 aliphatic rings. The lowest BCUT2D eigenvalue weighted by atomic mass is 10.1. The highest BCUT2D eigenvalue weighted by molar-refractivity contribution is 6.31. The van der Waals surface area contributed by atoms with Gasteiger partial charge >= 0.3 is 5.97 Å². The van der Waals surface area contributed by atoms with Crippen LogP contribution in [0.25, 0.3) is 11.0 Å². The van der Waals surface area contributed by atoms with Gasteiger partial charge in [0.15, 0.2) is 5.78 Å². The van der Waals surface area contributed by atoms with Gasteiger partial charge in [-0.1, -0.05) is 18.5 Å². The molecule has 0 unspecified atom stereocenters. The lowest BCUT2D eigenvalue weighted by Gasteiger charge is -2.04. The van der Waals surface area contributed by atoms with Crippen molar-refractivity contribution < 1.29 is 18.7 Å². The Morgan fingerprint density at radius 1 is 1.12 bits per heavy atom. The fourth-order valence-electron chi connectivity index (χ4n) is 2.45. The van der Waals surface area contributed by atoms with Gasteiger partial charge in [0, 0.05) is 28.0 Å². The number of ketones is 1. The molecule has 24 heavy (non-hydrogen) atoms. The molecule has 3 aromatic rings. The number of hydrogen-bond donors (Lipinski definition) is 0. The average Bonchev–Trinajstić information content (AvgIpc) is 2.91. The van der Waals surface area contributed by atoms with Crippen molar-refractivity contribution >= 4 is 34.3 Å². The summed E-state index contributed by atoms with van der Waals surface area (Å²) in [5.74, 6) is -0.0567. The Bertz CT molecular complexity index is 922. The van der Waals surface area contributed by atoms with Crippen LogP contribution < -0.4 is 4.74 Å². The minimum atomic E-state index is -0.589. The van der Waals surface area contributed by atoms with Crippen molar-refractivity contribution in [3.05, 3.63) is 64.4 Å². The second-order valence-electron chi connectivity index (χ2n) is 5.39. The summed E-state index contributed by atoms with van der Waals surface area (Å²) in [5.41, 5.74) is 1.84. The molecule has 0 spiro atoms. The molecule has 0 amide bonds. The molecule has 0 fully saturated rings. The second kappa shape index (κ2) is 6.49. The van der Waals surface area contributed by atoms with Gasteiger partial charge in [0.1, 0.15) is 11.3 Å². The number of rotatable bonds is 4. The van der Waals surface area contributed by atoms with E-state index < -0.39 is 5.97 Å². The Kier molecular flexibility index (Phi) is 4.40. The Labute approximate surface area is 144 Å². The minimum absolute atomic E-state index is 0.0397. The lowest BCUT2D eigenvalue weighted by Crippen LogP contribution is -2.09. The molecule has 1 aromatic heterocycles. The third-order valence-electron chi connectivity index (χ3n) is 3.79. The first-order chi connectivity index (χ1) is 11.5. The highest BCUT2D eigenvalue weighted by atomic mass is 35.5. The van der Waals surface area contributed by atoms with E-state index in [1.807, 2.05) is 0 Å². The zero-order valence-corrected chi connectivity index (χ0v) is 14.0. The normalized spacial score (nSPS) is 10.8. The van der Waals surface area contributed by atoms with Gasteiger partial charge < -0.3 is 9.15 Å². The summed E-state index contributed by atoms with van der Waals surface area (Å²) >= 11 is 5.98. The molecular weight excluding hydrogens is 328 g/mol. The summed E-state index contributed by atoms with van der Waals surface area (Å²) in [7, 11) is 0. The van der Waals surface area contributed by atoms with Gasteiger partial charge in [-0.2, -0.15) is 0 Å². The first-order valence-corrected chi connectivity index (χ1v) is 7.91. The smallest absolute Gasteiger partial charge is 0.379 e. The van der Waals surface area contributed by atoms with Crippen molar-refractivity contribution in [2.75, 3.05) is 0 Å². The summed E-state index contributed by atoms with van der Waals surface area (Å²) in [6.07, 6.45) is 0.430. The number of halogens is 1. The SMILES string of the molecule is CCC(=O)c1ccc(OC(=O)c2oc3ccc(Cl)cc3c2C)cc1. The monoisotopic (exact) mass is 342 g/mol. The summed E-state index contributed by atoms with van der Waals surface area (Å²) in [6, 6.07) is 11.6. The highest BCUT2D eigenvalue weighted by Gasteiger charge is 2.20. The predicted molar refractivity (Wildman–Crippen MR) is 92.0 cm³/mol. The molecule has 0 bridgehead atoms. The number of carbonyl (C=O) groups excluding carboxylic acids is 2. The fourth-order valence-corrected chi connectivity index (χ4v) is 2.63. The van der Waals surface area contributed by atoms with Gasteiger partial charge in [-0.15, -0.1) is 0 Å². The van der Waals surface area contributed by atoms with E-state index in [4.69, 9.17) is 20.8 Å². The van der Waals surface area contributed by atoms with Crippen LogP contribution in [0.3, 0.4) is 0 Å². The van der Waals surface area contributed by atoms with Crippen LogP contribution in [0, 0.1) is 6.92 Å². The molecule has 1 heterocycles. The number of esters is 1. The molecule has 122 valence electrons. The largest absolute Gasteiger partial charge is 0.449 e. The van der Waals surface area contributed by atoms with Crippen molar-refractivity contribution in [1.29, 1.82) is 0 Å². The zero-order chi connectivity index (χ0) is 17.3. The van der Waals surface area contributed by atoms with Crippen LogP contribution in [0.5, 0.6) is 5.75 Å². The summed E-state index contributed by atoms with van der Waals surface area (Å²) in [6.45, 7) is 3.58. The van der Waals surface area contributed by atoms with Gasteiger partial charge in [-0.3, -0.25) is 4.79 Å². The van der Waals surface area contributed by atoms with Crippen LogP contribution in [0.15, 0.2) is 46.9 Å². The van der Waals surface area contributed by atoms with E-state index in [-0.39, 0.29) is 11.5 Å². The molecule has 0 aliphatic heterocycles. The predicted octanol–water partition coefficient (Wildman–Crippen LogP) is 5.21. The minimum Gasteiger partial charge on any atom is -0.449 e. The van der Waals surface area contributed by atoms with Gasteiger partial charge in [0.05, 0.1) is 0 Å². The maximum Gasteiger partial charge on any atom is 0.379 e. The Morgan fingerprint density at radius 3 is 2.50 bits per heavy atom. The molecule has 2 aromatic carbocycles. The molecular formula is C19H15ClO4. The first-order valence-electron chi connectivity index (χ1n) is 7.53. The van der Waals surface area contributed by atoms with E-state index in [1.54, 1.807) is 56.3 Å². The number of Topliss-reactive ketones (excluding diaryl/α,β-unsaturated/α-hetero) is 1. The molecule has 5 heteroatoms. The number of fused-ring (bicyclic) bond motifs is 1. The Balaban J connectivity index is 1.85. The van der Waals surface area contributed by atoms with Crippen LogP contribution >= 0.6 is 11.6 Å². The second-order valence-corrected chi connectivity index (χ2v) is 5.82.